The highest BCUT2D eigenvalue weighted by Crippen LogP contribution is 2.01. The van der Waals surface area contributed by atoms with Crippen molar-refractivity contribution in [2.24, 2.45) is 0 Å². The summed E-state index contributed by atoms with van der Waals surface area (Å²) in [7, 11) is 0. The predicted octanol–water partition coefficient (Wildman–Crippen LogP) is 1.54. The highest BCUT2D eigenvalue weighted by Gasteiger charge is 2.03. The second kappa shape index (κ2) is 8.42. The average molecular weight is 249 g/mol. The van der Waals surface area contributed by atoms with Gasteiger partial charge in [-0.05, 0) is 25.0 Å². The third kappa shape index (κ3) is 5.59. The molecule has 1 aromatic rings. The summed E-state index contributed by atoms with van der Waals surface area (Å²) in [6.45, 7) is 0.242. The zero-order valence-electron chi connectivity index (χ0n) is 10.4. The predicted molar refractivity (Wildman–Crippen MR) is 69.3 cm³/mol. The molecule has 0 atom stereocenters. The van der Waals surface area contributed by atoms with Gasteiger partial charge in [0.2, 0.25) is 0 Å². The minimum absolute atomic E-state index is 0.0676. The van der Waals surface area contributed by atoms with E-state index in [1.807, 2.05) is 18.2 Å². The van der Waals surface area contributed by atoms with Crippen LogP contribution in [0.2, 0.25) is 0 Å². The summed E-state index contributed by atoms with van der Waals surface area (Å²) < 4.78 is 0. The molecule has 0 aromatic heterocycles. The highest BCUT2D eigenvalue weighted by molar-refractivity contribution is 5.94. The van der Waals surface area contributed by atoms with E-state index in [0.29, 0.717) is 18.5 Å². The summed E-state index contributed by atoms with van der Waals surface area (Å²) >= 11 is 0. The number of hydrogen-bond acceptors (Lipinski definition) is 3. The molecule has 0 saturated carbocycles. The number of rotatable bonds is 8. The Bertz CT molecular complexity index is 376. The van der Waals surface area contributed by atoms with Gasteiger partial charge in [0, 0.05) is 18.5 Å². The van der Waals surface area contributed by atoms with Gasteiger partial charge >= 0.3 is 0 Å². The standard InChI is InChI=1S/C14H19NO3/c16-11-13(17)9-5-2-6-10-15-14(18)12-7-3-1-4-8-12/h1,3-4,7-8,16H,2,5-6,9-11H2,(H,15,18). The smallest absolute Gasteiger partial charge is 0.251 e. The van der Waals surface area contributed by atoms with Crippen LogP contribution in [0.25, 0.3) is 0 Å². The summed E-state index contributed by atoms with van der Waals surface area (Å²) in [6, 6.07) is 9.07. The second-order valence-corrected chi connectivity index (χ2v) is 4.13. The van der Waals surface area contributed by atoms with Gasteiger partial charge in [0.15, 0.2) is 5.78 Å². The number of hydrogen-bond donors (Lipinski definition) is 2. The summed E-state index contributed by atoms with van der Waals surface area (Å²) in [5.41, 5.74) is 0.660. The van der Waals surface area contributed by atoms with Crippen LogP contribution >= 0.6 is 0 Å². The molecule has 1 rings (SSSR count). The molecule has 0 aliphatic carbocycles. The minimum Gasteiger partial charge on any atom is -0.389 e. The Morgan fingerprint density at radius 3 is 2.44 bits per heavy atom. The number of nitrogens with one attached hydrogen (secondary N) is 1. The Morgan fingerprint density at radius 1 is 1.06 bits per heavy atom. The van der Waals surface area contributed by atoms with Crippen LogP contribution in [0.15, 0.2) is 30.3 Å². The van der Waals surface area contributed by atoms with Crippen molar-refractivity contribution in [1.82, 2.24) is 5.32 Å². The Kier molecular flexibility index (Phi) is 6.72. The zero-order chi connectivity index (χ0) is 13.2. The second-order valence-electron chi connectivity index (χ2n) is 4.13. The molecule has 0 spiro atoms. The Balaban J connectivity index is 2.08. The number of benzene rings is 1. The van der Waals surface area contributed by atoms with Crippen molar-refractivity contribution in [2.45, 2.75) is 25.7 Å². The fourth-order valence-electron chi connectivity index (χ4n) is 1.60. The van der Waals surface area contributed by atoms with Crippen molar-refractivity contribution >= 4 is 11.7 Å². The molecule has 4 nitrogen and oxygen atoms in total. The Hall–Kier alpha value is -1.68. The summed E-state index contributed by atoms with van der Waals surface area (Å²) in [4.78, 5) is 22.5. The van der Waals surface area contributed by atoms with Gasteiger partial charge in [-0.15, -0.1) is 0 Å². The topological polar surface area (TPSA) is 66.4 Å². The van der Waals surface area contributed by atoms with E-state index in [1.165, 1.54) is 0 Å². The maximum absolute atomic E-state index is 11.6. The number of amides is 1. The van der Waals surface area contributed by atoms with Gasteiger partial charge in [-0.1, -0.05) is 24.6 Å². The number of Topliss-reactive ketones (excluding diaryl/α,β-unsaturated/α-hetero) is 1. The first-order valence-electron chi connectivity index (χ1n) is 6.20. The minimum atomic E-state index is -0.370. The molecule has 98 valence electrons. The number of carbonyl (C=O) groups excluding carboxylic acids is 2. The van der Waals surface area contributed by atoms with Crippen molar-refractivity contribution in [2.75, 3.05) is 13.2 Å². The maximum atomic E-state index is 11.6. The van der Waals surface area contributed by atoms with Crippen molar-refractivity contribution in [3.8, 4) is 0 Å². The van der Waals surface area contributed by atoms with E-state index in [0.717, 1.165) is 19.3 Å². The largest absolute Gasteiger partial charge is 0.389 e. The van der Waals surface area contributed by atoms with Gasteiger partial charge < -0.3 is 10.4 Å². The molecule has 0 fully saturated rings. The molecule has 0 aliphatic heterocycles. The molecule has 0 heterocycles. The molecular weight excluding hydrogens is 230 g/mol. The molecular formula is C14H19NO3. The highest BCUT2D eigenvalue weighted by atomic mass is 16.3. The third-order valence-electron chi connectivity index (χ3n) is 2.63. The van der Waals surface area contributed by atoms with Gasteiger partial charge in [0.1, 0.15) is 6.61 Å². The summed E-state index contributed by atoms with van der Waals surface area (Å²) in [5.74, 6) is -0.189. The van der Waals surface area contributed by atoms with E-state index in [1.54, 1.807) is 12.1 Å². The van der Waals surface area contributed by atoms with Crippen molar-refractivity contribution < 1.29 is 14.7 Å². The first-order valence-corrected chi connectivity index (χ1v) is 6.20. The van der Waals surface area contributed by atoms with Gasteiger partial charge in [0.05, 0.1) is 0 Å². The molecule has 1 aromatic carbocycles. The van der Waals surface area contributed by atoms with Crippen LogP contribution in [-0.4, -0.2) is 29.9 Å². The van der Waals surface area contributed by atoms with Crippen molar-refractivity contribution in [3.05, 3.63) is 35.9 Å². The first kappa shape index (κ1) is 14.4. The zero-order valence-corrected chi connectivity index (χ0v) is 10.4. The summed E-state index contributed by atoms with van der Waals surface area (Å²) in [5, 5.41) is 11.4. The molecule has 1 amide bonds. The van der Waals surface area contributed by atoms with Gasteiger partial charge in [-0.25, -0.2) is 0 Å². The molecule has 0 unspecified atom stereocenters. The van der Waals surface area contributed by atoms with Gasteiger partial charge in [0.25, 0.3) is 5.91 Å². The van der Waals surface area contributed by atoms with E-state index < -0.39 is 0 Å². The Morgan fingerprint density at radius 2 is 1.78 bits per heavy atom. The molecule has 2 N–H and O–H groups in total. The maximum Gasteiger partial charge on any atom is 0.251 e. The quantitative estimate of drug-likeness (QED) is 0.687. The van der Waals surface area contributed by atoms with Crippen LogP contribution in [-0.2, 0) is 4.79 Å². The van der Waals surface area contributed by atoms with Crippen LogP contribution in [0.3, 0.4) is 0 Å². The van der Waals surface area contributed by atoms with Crippen molar-refractivity contribution in [1.29, 1.82) is 0 Å². The molecule has 18 heavy (non-hydrogen) atoms. The molecule has 4 heteroatoms. The monoisotopic (exact) mass is 249 g/mol. The lowest BCUT2D eigenvalue weighted by atomic mass is 10.1. The van der Waals surface area contributed by atoms with Crippen LogP contribution in [0.5, 0.6) is 0 Å². The SMILES string of the molecule is O=C(CO)CCCCCNC(=O)c1ccccc1. The van der Waals surface area contributed by atoms with E-state index in [9.17, 15) is 9.59 Å². The normalized spacial score (nSPS) is 10.1. The first-order chi connectivity index (χ1) is 8.74. The summed E-state index contributed by atoms with van der Waals surface area (Å²) in [6.07, 6.45) is 2.90. The molecule has 0 radical (unpaired) electrons. The molecule has 0 aliphatic rings. The number of ketones is 1. The fraction of sp³-hybridized carbons (Fsp3) is 0.429. The van der Waals surface area contributed by atoms with Gasteiger partial charge in [-0.3, -0.25) is 9.59 Å². The molecule has 0 saturated heterocycles. The van der Waals surface area contributed by atoms with E-state index >= 15 is 0 Å². The lowest BCUT2D eigenvalue weighted by Gasteiger charge is -2.04. The lowest BCUT2D eigenvalue weighted by molar-refractivity contribution is -0.121. The lowest BCUT2D eigenvalue weighted by Crippen LogP contribution is -2.24. The molecule has 0 bridgehead atoms. The number of aliphatic hydroxyl groups excluding tert-OH is 1. The van der Waals surface area contributed by atoms with Gasteiger partial charge in [-0.2, -0.15) is 0 Å². The number of carbonyl (C=O) groups is 2. The van der Waals surface area contributed by atoms with Crippen molar-refractivity contribution in [3.63, 3.8) is 0 Å². The van der Waals surface area contributed by atoms with E-state index in [-0.39, 0.29) is 18.3 Å². The average Bonchev–Trinajstić information content (AvgIpc) is 2.43. The number of unbranched alkanes of at least 4 members (excludes halogenated alkanes) is 2. The van der Waals surface area contributed by atoms with Crippen LogP contribution in [0.1, 0.15) is 36.0 Å². The van der Waals surface area contributed by atoms with Crippen LogP contribution in [0.4, 0.5) is 0 Å². The van der Waals surface area contributed by atoms with E-state index in [4.69, 9.17) is 5.11 Å². The fourth-order valence-corrected chi connectivity index (χ4v) is 1.60. The van der Waals surface area contributed by atoms with Crippen LogP contribution in [0, 0.1) is 0 Å². The Labute approximate surface area is 107 Å². The van der Waals surface area contributed by atoms with Crippen LogP contribution < -0.4 is 5.32 Å². The van der Waals surface area contributed by atoms with E-state index in [2.05, 4.69) is 5.32 Å². The number of aliphatic hydroxyl groups is 1. The third-order valence-corrected chi connectivity index (χ3v) is 2.63.